The standard InChI is InChI=1S/C28H26ClN5O2.C28H27N5O2.C25H24N6O/c29-25-22(11-14-36-25)17-34-26-23(15-21(27(34)35)4-3-18-1-2-18)16-31-28(33-26)32-24-7-5-19(6-8-24)20-9-12-30-13-10-20;1-3-5-22-16-23-17-30-28(31-24-8-6-20(7-9-24)21-10-13-29-14-11-21)32-26(23)33(27(22)34)18-25-19(4-2)12-15-35-25;1-3-17-13-20-15-27-25(28-21-8-6-18(7-9-21)19-10-11-26-14-19)29-23(20)31(24(17)32)16-22-5-4-12-30(22)2/h5-8,11,14-16,18,20,30H,1-2,9-10,12-13,17H2,(H,31,32,33);6-10,12,15-17,29H,4,11,13-14,18H2,1-2H3,(H,30,31,32);1,4-9,12-13,15,19,26H,10-11,14,16H2,2H3,(H,27,28,29). The van der Waals surface area contributed by atoms with E-state index in [2.05, 4.69) is 143 Å². The average molecular weight is 1390 g/mol. The van der Waals surface area contributed by atoms with Gasteiger partial charge in [0.1, 0.15) is 22.7 Å². The van der Waals surface area contributed by atoms with Crippen LogP contribution in [0.5, 0.6) is 0 Å². The molecule has 0 bridgehead atoms. The molecule has 103 heavy (non-hydrogen) atoms. The molecule has 518 valence electrons. The first-order chi connectivity index (χ1) is 50.4. The first-order valence-corrected chi connectivity index (χ1v) is 35.2. The van der Waals surface area contributed by atoms with Crippen LogP contribution in [-0.4, -0.2) is 87.4 Å². The summed E-state index contributed by atoms with van der Waals surface area (Å²) in [5.41, 5.74) is 12.8. The Hall–Kier alpha value is -11.6. The number of hydrogen-bond acceptors (Lipinski definition) is 17. The number of fused-ring (bicyclic) bond motifs is 3. The van der Waals surface area contributed by atoms with Crippen LogP contribution in [0, 0.1) is 41.9 Å². The van der Waals surface area contributed by atoms with Crippen molar-refractivity contribution in [3.8, 4) is 36.0 Å². The van der Waals surface area contributed by atoms with Crippen LogP contribution < -0.4 is 48.6 Å². The van der Waals surface area contributed by atoms with Crippen molar-refractivity contribution in [3.63, 3.8) is 0 Å². The lowest BCUT2D eigenvalue weighted by molar-refractivity contribution is 0.460. The van der Waals surface area contributed by atoms with Gasteiger partial charge in [0.2, 0.25) is 17.8 Å². The molecule has 1 atom stereocenters. The van der Waals surface area contributed by atoms with Gasteiger partial charge in [-0.05, 0) is 208 Å². The van der Waals surface area contributed by atoms with Crippen LogP contribution >= 0.6 is 11.6 Å². The van der Waals surface area contributed by atoms with Crippen LogP contribution in [0.15, 0.2) is 182 Å². The molecule has 6 N–H and O–H groups in total. The molecule has 22 heteroatoms. The molecule has 21 nitrogen and oxygen atoms in total. The Morgan fingerprint density at radius 1 is 0.592 bits per heavy atom. The molecule has 1 unspecified atom stereocenters. The van der Waals surface area contributed by atoms with Gasteiger partial charge in [-0.25, -0.2) is 15.0 Å². The minimum Gasteiger partial charge on any atom is -0.467 e. The molecule has 2 saturated heterocycles. The topological polar surface area (TPSA) is 247 Å². The monoisotopic (exact) mass is 1390 g/mol. The minimum absolute atomic E-state index is 0.199. The largest absolute Gasteiger partial charge is 0.467 e. The van der Waals surface area contributed by atoms with E-state index in [4.69, 9.17) is 36.8 Å². The molecule has 4 aliphatic rings. The normalized spacial score (nSPS) is 15.0. The molecule has 3 aliphatic heterocycles. The van der Waals surface area contributed by atoms with E-state index in [1.165, 1.54) is 34.9 Å². The van der Waals surface area contributed by atoms with Crippen LogP contribution in [-0.2, 0) is 33.1 Å². The molecule has 16 rings (SSSR count). The summed E-state index contributed by atoms with van der Waals surface area (Å²) in [6, 6.07) is 37.9. The van der Waals surface area contributed by atoms with E-state index in [0.29, 0.717) is 81.3 Å². The summed E-state index contributed by atoms with van der Waals surface area (Å²) in [6.07, 6.45) is 25.6. The number of terminal acetylenes is 1. The first-order valence-electron chi connectivity index (χ1n) is 34.8. The quantitative estimate of drug-likeness (QED) is 0.0492. The summed E-state index contributed by atoms with van der Waals surface area (Å²) in [5, 5.41) is 22.4. The third-order valence-corrected chi connectivity index (χ3v) is 19.4. The van der Waals surface area contributed by atoms with E-state index >= 15 is 0 Å². The van der Waals surface area contributed by atoms with Gasteiger partial charge in [-0.15, -0.1) is 12.3 Å². The number of rotatable bonds is 16. The molecule has 1 saturated carbocycles. The van der Waals surface area contributed by atoms with Gasteiger partial charge >= 0.3 is 0 Å². The SMILES string of the molecule is C#Cc1cc2cnc(Nc3ccc(C4CCNC4)cc3)nc2n(Cc2cccn2C)c1=O.CC#Cc1cc2cnc(Nc3ccc(C4=CCNCC4)cc3)nc2n(Cc2occc2CC)c1=O.O=c1c(C#CC2CC2)cc2cnc(Nc3ccc(C4CCNCC4)cc3)nc2n1Cc1ccoc1Cl. The van der Waals surface area contributed by atoms with Crippen LogP contribution in [0.4, 0.5) is 34.9 Å². The van der Waals surface area contributed by atoms with Crippen molar-refractivity contribution >= 4 is 85.2 Å². The van der Waals surface area contributed by atoms with Crippen molar-refractivity contribution in [1.29, 1.82) is 0 Å². The number of halogens is 1. The molecule has 12 heterocycles. The number of pyridine rings is 3. The highest BCUT2D eigenvalue weighted by atomic mass is 35.5. The number of piperidine rings is 1. The van der Waals surface area contributed by atoms with Gasteiger partial charge in [0, 0.05) is 95.3 Å². The van der Waals surface area contributed by atoms with E-state index in [-0.39, 0.29) is 35.0 Å². The average Bonchev–Trinajstić information content (AvgIpc) is 1.68. The van der Waals surface area contributed by atoms with Gasteiger partial charge in [-0.3, -0.25) is 28.1 Å². The van der Waals surface area contributed by atoms with Gasteiger partial charge in [-0.2, -0.15) is 15.0 Å². The smallest absolute Gasteiger partial charge is 0.268 e. The van der Waals surface area contributed by atoms with Crippen molar-refractivity contribution < 1.29 is 8.83 Å². The molecule has 1 aliphatic carbocycles. The number of aromatic nitrogens is 10. The Kier molecular flexibility index (Phi) is 20.9. The number of anilines is 6. The Balaban J connectivity index is 0.000000131. The molecular formula is C81H77ClN16O5. The highest BCUT2D eigenvalue weighted by molar-refractivity contribution is 6.29. The maximum Gasteiger partial charge on any atom is 0.268 e. The lowest BCUT2D eigenvalue weighted by Crippen LogP contribution is -2.26. The van der Waals surface area contributed by atoms with Gasteiger partial charge in [0.25, 0.3) is 16.7 Å². The zero-order chi connectivity index (χ0) is 70.8. The predicted molar refractivity (Wildman–Crippen MR) is 406 cm³/mol. The second-order valence-corrected chi connectivity index (χ2v) is 26.3. The first kappa shape index (κ1) is 68.5. The summed E-state index contributed by atoms with van der Waals surface area (Å²) in [6.45, 7) is 10.8. The summed E-state index contributed by atoms with van der Waals surface area (Å²) >= 11 is 6.19. The van der Waals surface area contributed by atoms with E-state index in [1.54, 1.807) is 69.7 Å². The fraction of sp³-hybridized carbons (Fsp3) is 0.272. The zero-order valence-corrected chi connectivity index (χ0v) is 58.3. The van der Waals surface area contributed by atoms with E-state index in [9.17, 15) is 14.4 Å². The molecule has 9 aromatic heterocycles. The second kappa shape index (κ2) is 31.5. The number of hydrogen-bond donors (Lipinski definition) is 6. The van der Waals surface area contributed by atoms with Gasteiger partial charge < -0.3 is 45.3 Å². The molecule has 12 aromatic rings. The van der Waals surface area contributed by atoms with Gasteiger partial charge in [0.05, 0.1) is 48.9 Å². The van der Waals surface area contributed by atoms with Crippen molar-refractivity contribution in [1.82, 2.24) is 64.1 Å². The van der Waals surface area contributed by atoms with Crippen molar-refractivity contribution in [3.05, 3.63) is 251 Å². The van der Waals surface area contributed by atoms with Crippen LogP contribution in [0.1, 0.15) is 120 Å². The highest BCUT2D eigenvalue weighted by Crippen LogP contribution is 2.31. The number of nitrogens with zero attached hydrogens (tertiary/aromatic N) is 10. The molecular weight excluding hydrogens is 1310 g/mol. The number of benzene rings is 3. The lowest BCUT2D eigenvalue weighted by atomic mass is 9.90. The maximum atomic E-state index is 13.4. The molecule has 3 fully saturated rings. The van der Waals surface area contributed by atoms with Gasteiger partial charge in [-0.1, -0.05) is 73.1 Å². The third kappa shape index (κ3) is 16.1. The van der Waals surface area contributed by atoms with Crippen LogP contribution in [0.25, 0.3) is 38.7 Å². The minimum atomic E-state index is -0.236. The van der Waals surface area contributed by atoms with Crippen LogP contribution in [0.2, 0.25) is 5.22 Å². The zero-order valence-electron chi connectivity index (χ0n) is 57.5. The Labute approximate surface area is 600 Å². The Bertz CT molecular complexity index is 5490. The molecule has 0 amide bonds. The van der Waals surface area contributed by atoms with Crippen molar-refractivity contribution in [2.75, 3.05) is 55.2 Å². The highest BCUT2D eigenvalue weighted by Gasteiger charge is 2.22. The molecule has 0 spiro atoms. The predicted octanol–water partition coefficient (Wildman–Crippen LogP) is 12.5. The van der Waals surface area contributed by atoms with Crippen molar-refractivity contribution in [2.24, 2.45) is 13.0 Å². The fourth-order valence-corrected chi connectivity index (χ4v) is 13.3. The maximum absolute atomic E-state index is 13.4. The second-order valence-electron chi connectivity index (χ2n) is 26.0. The summed E-state index contributed by atoms with van der Waals surface area (Å²) in [4.78, 5) is 67.2. The summed E-state index contributed by atoms with van der Waals surface area (Å²) in [5.74, 6) is 18.0. The number of aryl methyl sites for hydroxylation is 2. The Morgan fingerprint density at radius 3 is 1.65 bits per heavy atom. The van der Waals surface area contributed by atoms with Crippen LogP contribution in [0.3, 0.4) is 0 Å². The fourth-order valence-electron chi connectivity index (χ4n) is 13.1. The van der Waals surface area contributed by atoms with E-state index < -0.39 is 0 Å². The molecule has 3 aromatic carbocycles. The number of nitrogens with one attached hydrogen (secondary N) is 6. The summed E-state index contributed by atoms with van der Waals surface area (Å²) < 4.78 is 17.7. The summed E-state index contributed by atoms with van der Waals surface area (Å²) in [7, 11) is 1.95. The van der Waals surface area contributed by atoms with E-state index in [0.717, 1.165) is 128 Å². The molecule has 0 radical (unpaired) electrons. The lowest BCUT2D eigenvalue weighted by Gasteiger charge is -2.23. The van der Waals surface area contributed by atoms with E-state index in [1.807, 2.05) is 60.3 Å². The number of furan rings is 2. The Morgan fingerprint density at radius 2 is 1.13 bits per heavy atom. The third-order valence-electron chi connectivity index (χ3n) is 19.0. The van der Waals surface area contributed by atoms with Crippen molar-refractivity contribution in [2.45, 2.75) is 90.3 Å². The van der Waals surface area contributed by atoms with Gasteiger partial charge in [0.15, 0.2) is 5.22 Å².